The van der Waals surface area contributed by atoms with Gasteiger partial charge in [-0.25, -0.2) is 0 Å². The van der Waals surface area contributed by atoms with Gasteiger partial charge in [-0.05, 0) is 6.92 Å². The van der Waals surface area contributed by atoms with Crippen LogP contribution >= 0.6 is 0 Å². The second-order valence-electron chi connectivity index (χ2n) is 2.68. The fraction of sp³-hybridized carbons (Fsp3) is 0.0909. The second kappa shape index (κ2) is 6.23. The molecule has 72 valence electrons. The van der Waals surface area contributed by atoms with E-state index in [-0.39, 0.29) is 24.4 Å². The van der Waals surface area contributed by atoms with Crippen molar-refractivity contribution in [1.29, 1.82) is 0 Å². The summed E-state index contributed by atoms with van der Waals surface area (Å²) in [6.07, 6.45) is 1.24. The fourth-order valence-corrected chi connectivity index (χ4v) is 1.09. The van der Waals surface area contributed by atoms with Crippen molar-refractivity contribution in [2.24, 2.45) is 0 Å². The topological polar surface area (TPSA) is 57.2 Å². The van der Waals surface area contributed by atoms with E-state index in [0.29, 0.717) is 5.56 Å². The molecule has 0 aliphatic heterocycles. The number of Topliss-reactive ketones (excluding diaryl/α,β-unsaturated/α-hetero) is 1. The van der Waals surface area contributed by atoms with Crippen LogP contribution in [0, 0.1) is 0 Å². The van der Waals surface area contributed by atoms with Crippen molar-refractivity contribution in [2.75, 3.05) is 0 Å². The Morgan fingerprint density at radius 3 is 2.13 bits per heavy atom. The molecule has 3 nitrogen and oxygen atoms in total. The molecule has 0 saturated carbocycles. The number of carbonyl (C=O) groups is 2. The van der Waals surface area contributed by atoms with Crippen molar-refractivity contribution in [2.45, 2.75) is 6.92 Å². The molecule has 1 aromatic carbocycles. The van der Waals surface area contributed by atoms with Crippen LogP contribution in [0.15, 0.2) is 42.0 Å². The van der Waals surface area contributed by atoms with Crippen molar-refractivity contribution in [1.82, 2.24) is 0 Å². The molecular formula is C11H9LiO3. The predicted molar refractivity (Wildman–Crippen MR) is 49.5 cm³/mol. The van der Waals surface area contributed by atoms with Gasteiger partial charge in [-0.15, -0.1) is 0 Å². The van der Waals surface area contributed by atoms with Gasteiger partial charge in [0.05, 0.1) is 5.97 Å². The Balaban J connectivity index is 0.00000196. The number of benzene rings is 1. The van der Waals surface area contributed by atoms with Crippen LogP contribution < -0.4 is 24.0 Å². The van der Waals surface area contributed by atoms with Gasteiger partial charge in [0.1, 0.15) is 0 Å². The summed E-state index contributed by atoms with van der Waals surface area (Å²) in [7, 11) is 0. The van der Waals surface area contributed by atoms with E-state index in [1.54, 1.807) is 30.3 Å². The van der Waals surface area contributed by atoms with Gasteiger partial charge in [0.15, 0.2) is 5.78 Å². The molecule has 0 N–H and O–H groups in total. The summed E-state index contributed by atoms with van der Waals surface area (Å²) < 4.78 is 0. The van der Waals surface area contributed by atoms with Crippen LogP contribution in [0.25, 0.3) is 0 Å². The summed E-state index contributed by atoms with van der Waals surface area (Å²) in [5, 5.41) is 10.5. The first-order chi connectivity index (χ1) is 6.66. The zero-order valence-electron chi connectivity index (χ0n) is 8.69. The maximum Gasteiger partial charge on any atom is 1.00 e. The van der Waals surface area contributed by atoms with E-state index in [9.17, 15) is 14.7 Å². The van der Waals surface area contributed by atoms with Crippen LogP contribution in [0.4, 0.5) is 0 Å². The molecule has 4 heteroatoms. The molecule has 0 atom stereocenters. The summed E-state index contributed by atoms with van der Waals surface area (Å²) in [5.74, 6) is -1.96. The van der Waals surface area contributed by atoms with Gasteiger partial charge >= 0.3 is 18.9 Å². The average molecular weight is 196 g/mol. The minimum absolute atomic E-state index is 0. The van der Waals surface area contributed by atoms with Crippen molar-refractivity contribution >= 4 is 11.8 Å². The van der Waals surface area contributed by atoms with Gasteiger partial charge in [0.25, 0.3) is 0 Å². The minimum atomic E-state index is -1.44. The molecule has 0 bridgehead atoms. The van der Waals surface area contributed by atoms with Gasteiger partial charge in [0, 0.05) is 11.1 Å². The Morgan fingerprint density at radius 2 is 1.73 bits per heavy atom. The van der Waals surface area contributed by atoms with Crippen LogP contribution in [-0.4, -0.2) is 11.8 Å². The van der Waals surface area contributed by atoms with E-state index in [1.165, 1.54) is 13.0 Å². The smallest absolute Gasteiger partial charge is 0.545 e. The minimum Gasteiger partial charge on any atom is -0.545 e. The second-order valence-corrected chi connectivity index (χ2v) is 2.68. The third-order valence-electron chi connectivity index (χ3n) is 1.79. The van der Waals surface area contributed by atoms with Crippen LogP contribution in [0.1, 0.15) is 17.3 Å². The number of rotatable bonds is 3. The Morgan fingerprint density at radius 1 is 1.20 bits per heavy atom. The normalized spacial score (nSPS) is 10.3. The Labute approximate surface area is 100.0 Å². The number of ketones is 1. The molecule has 0 radical (unpaired) electrons. The van der Waals surface area contributed by atoms with Crippen LogP contribution in [-0.2, 0) is 4.79 Å². The molecule has 15 heavy (non-hydrogen) atoms. The molecule has 1 aromatic rings. The molecule has 1 rings (SSSR count). The number of aliphatic carboxylic acids is 1. The molecule has 0 spiro atoms. The molecule has 0 aromatic heterocycles. The Kier molecular flexibility index (Phi) is 5.69. The third kappa shape index (κ3) is 3.39. The maximum atomic E-state index is 11.5. The molecule has 0 fully saturated rings. The first-order valence-electron chi connectivity index (χ1n) is 4.14. The molecule has 0 unspecified atom stereocenters. The van der Waals surface area contributed by atoms with Crippen LogP contribution in [0.3, 0.4) is 0 Å². The maximum absolute atomic E-state index is 11.5. The molecule has 0 aliphatic carbocycles. The predicted octanol–water partition coefficient (Wildman–Crippen LogP) is -2.43. The number of hydrogen-bond acceptors (Lipinski definition) is 3. The van der Waals surface area contributed by atoms with Crippen molar-refractivity contribution in [3.63, 3.8) is 0 Å². The summed E-state index contributed by atoms with van der Waals surface area (Å²) >= 11 is 0. The zero-order chi connectivity index (χ0) is 10.6. The van der Waals surface area contributed by atoms with E-state index >= 15 is 0 Å². The summed E-state index contributed by atoms with van der Waals surface area (Å²) in [4.78, 5) is 22.1. The summed E-state index contributed by atoms with van der Waals surface area (Å²) in [5.41, 5.74) is 0.0426. The molecular weight excluding hydrogens is 187 g/mol. The van der Waals surface area contributed by atoms with E-state index in [1.807, 2.05) is 0 Å². The van der Waals surface area contributed by atoms with Gasteiger partial charge in [-0.2, -0.15) is 0 Å². The number of hydrogen-bond donors (Lipinski definition) is 0. The summed E-state index contributed by atoms with van der Waals surface area (Å²) in [6.45, 7) is 1.49. The van der Waals surface area contributed by atoms with E-state index in [2.05, 4.69) is 0 Å². The quantitative estimate of drug-likeness (QED) is 0.177. The first kappa shape index (κ1) is 13.7. The van der Waals surface area contributed by atoms with Crippen molar-refractivity contribution < 1.29 is 33.6 Å². The average Bonchev–Trinajstić information content (AvgIpc) is 2.19. The van der Waals surface area contributed by atoms with Crippen LogP contribution in [0.2, 0.25) is 0 Å². The number of allylic oxidation sites excluding steroid dienone is 1. The van der Waals surface area contributed by atoms with E-state index < -0.39 is 11.8 Å². The zero-order valence-corrected chi connectivity index (χ0v) is 8.69. The standard InChI is InChI=1S/C11H10O3.Li/c1-2-9(11(13)14)10(12)8-6-4-3-5-7-8;/h2-7H,1H3,(H,13,14);/q;+1/p-1. The van der Waals surface area contributed by atoms with Gasteiger partial charge in [-0.3, -0.25) is 4.79 Å². The van der Waals surface area contributed by atoms with E-state index in [4.69, 9.17) is 0 Å². The number of carboxylic acids is 1. The van der Waals surface area contributed by atoms with Crippen molar-refractivity contribution in [3.8, 4) is 0 Å². The SMILES string of the molecule is CC=C(C(=O)[O-])C(=O)c1ccccc1.[Li+]. The molecule has 0 amide bonds. The Bertz CT molecular complexity index is 382. The fourth-order valence-electron chi connectivity index (χ4n) is 1.09. The summed E-state index contributed by atoms with van der Waals surface area (Å²) in [6, 6.07) is 8.24. The van der Waals surface area contributed by atoms with Gasteiger partial charge < -0.3 is 9.90 Å². The first-order valence-corrected chi connectivity index (χ1v) is 4.14. The van der Waals surface area contributed by atoms with Crippen molar-refractivity contribution in [3.05, 3.63) is 47.5 Å². The molecule has 0 heterocycles. The van der Waals surface area contributed by atoms with E-state index in [0.717, 1.165) is 0 Å². The third-order valence-corrected chi connectivity index (χ3v) is 1.79. The van der Waals surface area contributed by atoms with Crippen LogP contribution in [0.5, 0.6) is 0 Å². The largest absolute Gasteiger partial charge is 1.00 e. The van der Waals surface area contributed by atoms with Gasteiger partial charge in [-0.1, -0.05) is 36.4 Å². The molecule has 0 saturated heterocycles. The monoisotopic (exact) mass is 196 g/mol. The van der Waals surface area contributed by atoms with Gasteiger partial charge in [0.2, 0.25) is 0 Å². The number of carboxylic acid groups (broad SMARTS) is 1. The molecule has 0 aliphatic rings. The Hall–Kier alpha value is -1.30. The number of carbonyl (C=O) groups excluding carboxylic acids is 2.